The molecular weight excluding hydrogens is 226 g/mol. The van der Waals surface area contributed by atoms with E-state index in [4.69, 9.17) is 0 Å². The third-order valence-electron chi connectivity index (χ3n) is 3.02. The summed E-state index contributed by atoms with van der Waals surface area (Å²) in [7, 11) is 0. The second kappa shape index (κ2) is 8.60. The van der Waals surface area contributed by atoms with Crippen molar-refractivity contribution in [3.05, 3.63) is 34.9 Å². The lowest BCUT2D eigenvalue weighted by atomic mass is 10.1. The van der Waals surface area contributed by atoms with E-state index in [1.807, 2.05) is 11.8 Å². The maximum absolute atomic E-state index is 3.53. The summed E-state index contributed by atoms with van der Waals surface area (Å²) in [5.41, 5.74) is 4.18. The van der Waals surface area contributed by atoms with E-state index in [0.29, 0.717) is 0 Å². The van der Waals surface area contributed by atoms with Crippen LogP contribution in [0.5, 0.6) is 0 Å². The molecule has 0 fully saturated rings. The molecule has 0 amide bonds. The molecule has 17 heavy (non-hydrogen) atoms. The van der Waals surface area contributed by atoms with Crippen molar-refractivity contribution >= 4 is 11.8 Å². The molecule has 0 atom stereocenters. The van der Waals surface area contributed by atoms with Gasteiger partial charge in [0.15, 0.2) is 0 Å². The second-order valence-electron chi connectivity index (χ2n) is 4.66. The highest BCUT2D eigenvalue weighted by Gasteiger charge is 1.97. The predicted octanol–water partition coefficient (Wildman–Crippen LogP) is 3.93. The minimum atomic E-state index is 1.01. The first-order valence-corrected chi connectivity index (χ1v) is 7.89. The SMILES string of the molecule is CSCCCCCNCc1ccc(C)cc1C. The number of hydrogen-bond acceptors (Lipinski definition) is 2. The molecule has 2 heteroatoms. The first-order valence-electron chi connectivity index (χ1n) is 6.50. The van der Waals surface area contributed by atoms with Gasteiger partial charge < -0.3 is 5.32 Å². The zero-order valence-electron chi connectivity index (χ0n) is 11.4. The van der Waals surface area contributed by atoms with Crippen LogP contribution < -0.4 is 5.32 Å². The van der Waals surface area contributed by atoms with Gasteiger partial charge in [-0.25, -0.2) is 0 Å². The molecule has 0 aliphatic rings. The highest BCUT2D eigenvalue weighted by molar-refractivity contribution is 7.98. The number of rotatable bonds is 8. The number of thioether (sulfide) groups is 1. The van der Waals surface area contributed by atoms with Gasteiger partial charge >= 0.3 is 0 Å². The van der Waals surface area contributed by atoms with Crippen LogP contribution in [0, 0.1) is 13.8 Å². The summed E-state index contributed by atoms with van der Waals surface area (Å²) < 4.78 is 0. The van der Waals surface area contributed by atoms with E-state index in [2.05, 4.69) is 43.6 Å². The molecule has 0 aliphatic carbocycles. The predicted molar refractivity (Wildman–Crippen MR) is 79.9 cm³/mol. The lowest BCUT2D eigenvalue weighted by Gasteiger charge is -2.08. The van der Waals surface area contributed by atoms with Gasteiger partial charge in [0.05, 0.1) is 0 Å². The van der Waals surface area contributed by atoms with E-state index in [1.54, 1.807) is 0 Å². The lowest BCUT2D eigenvalue weighted by molar-refractivity contribution is 0.617. The summed E-state index contributed by atoms with van der Waals surface area (Å²) >= 11 is 1.95. The Bertz CT molecular complexity index is 323. The Morgan fingerprint density at radius 3 is 2.65 bits per heavy atom. The number of benzene rings is 1. The monoisotopic (exact) mass is 251 g/mol. The van der Waals surface area contributed by atoms with E-state index < -0.39 is 0 Å². The smallest absolute Gasteiger partial charge is 0.0208 e. The van der Waals surface area contributed by atoms with E-state index >= 15 is 0 Å². The molecule has 0 aliphatic heterocycles. The van der Waals surface area contributed by atoms with Crippen LogP contribution in [0.3, 0.4) is 0 Å². The molecule has 1 nitrogen and oxygen atoms in total. The van der Waals surface area contributed by atoms with E-state index in [1.165, 1.54) is 41.7 Å². The van der Waals surface area contributed by atoms with Crippen molar-refractivity contribution in [2.45, 2.75) is 39.7 Å². The quantitative estimate of drug-likeness (QED) is 0.703. The molecule has 1 aromatic carbocycles. The topological polar surface area (TPSA) is 12.0 Å². The molecule has 0 radical (unpaired) electrons. The number of hydrogen-bond donors (Lipinski definition) is 1. The third-order valence-corrected chi connectivity index (χ3v) is 3.71. The van der Waals surface area contributed by atoms with Crippen LogP contribution in [-0.4, -0.2) is 18.6 Å². The fourth-order valence-electron chi connectivity index (χ4n) is 1.94. The van der Waals surface area contributed by atoms with Crippen LogP contribution in [0.15, 0.2) is 18.2 Å². The van der Waals surface area contributed by atoms with Crippen molar-refractivity contribution < 1.29 is 0 Å². The fourth-order valence-corrected chi connectivity index (χ4v) is 2.43. The standard InChI is InChI=1S/C15H25NS/c1-13-7-8-15(14(2)11-13)12-16-9-5-4-6-10-17-3/h7-8,11,16H,4-6,9-10,12H2,1-3H3. The van der Waals surface area contributed by atoms with Gasteiger partial charge in [-0.15, -0.1) is 0 Å². The Labute approximate surface area is 110 Å². The summed E-state index contributed by atoms with van der Waals surface area (Å²) in [5.74, 6) is 1.30. The number of nitrogens with one attached hydrogen (secondary N) is 1. The molecule has 1 rings (SSSR count). The normalized spacial score (nSPS) is 10.8. The maximum atomic E-state index is 3.53. The third kappa shape index (κ3) is 6.13. The molecule has 96 valence electrons. The molecule has 0 saturated heterocycles. The van der Waals surface area contributed by atoms with Crippen LogP contribution >= 0.6 is 11.8 Å². The average molecular weight is 251 g/mol. The van der Waals surface area contributed by atoms with Crippen molar-refractivity contribution in [3.8, 4) is 0 Å². The Morgan fingerprint density at radius 2 is 1.94 bits per heavy atom. The van der Waals surface area contributed by atoms with Crippen LogP contribution in [0.1, 0.15) is 36.0 Å². The zero-order chi connectivity index (χ0) is 12.5. The molecule has 0 unspecified atom stereocenters. The molecule has 0 bridgehead atoms. The molecule has 0 aromatic heterocycles. The summed E-state index contributed by atoms with van der Waals surface area (Å²) in [6.07, 6.45) is 6.18. The molecular formula is C15H25NS. The zero-order valence-corrected chi connectivity index (χ0v) is 12.2. The number of unbranched alkanes of at least 4 members (excludes halogenated alkanes) is 2. The molecule has 1 N–H and O–H groups in total. The van der Waals surface area contributed by atoms with Gasteiger partial charge in [-0.05, 0) is 56.4 Å². The Kier molecular flexibility index (Phi) is 7.38. The Balaban J connectivity index is 2.14. The lowest BCUT2D eigenvalue weighted by Crippen LogP contribution is -2.15. The van der Waals surface area contributed by atoms with Crippen LogP contribution in [0.2, 0.25) is 0 Å². The van der Waals surface area contributed by atoms with Gasteiger partial charge in [-0.2, -0.15) is 11.8 Å². The Morgan fingerprint density at radius 1 is 1.12 bits per heavy atom. The Hall–Kier alpha value is -0.470. The minimum absolute atomic E-state index is 1.01. The molecule has 0 saturated carbocycles. The van der Waals surface area contributed by atoms with Crippen LogP contribution in [0.4, 0.5) is 0 Å². The van der Waals surface area contributed by atoms with Gasteiger partial charge in [-0.1, -0.05) is 30.2 Å². The van der Waals surface area contributed by atoms with Crippen molar-refractivity contribution in [2.75, 3.05) is 18.6 Å². The largest absolute Gasteiger partial charge is 0.313 e. The van der Waals surface area contributed by atoms with Crippen molar-refractivity contribution in [3.63, 3.8) is 0 Å². The molecule has 0 spiro atoms. The highest BCUT2D eigenvalue weighted by Crippen LogP contribution is 2.10. The summed E-state index contributed by atoms with van der Waals surface area (Å²) in [6, 6.07) is 6.70. The summed E-state index contributed by atoms with van der Waals surface area (Å²) in [4.78, 5) is 0. The first kappa shape index (κ1) is 14.6. The van der Waals surface area contributed by atoms with E-state index in [9.17, 15) is 0 Å². The molecule has 1 aromatic rings. The van der Waals surface area contributed by atoms with Crippen molar-refractivity contribution in [1.29, 1.82) is 0 Å². The second-order valence-corrected chi connectivity index (χ2v) is 5.65. The summed E-state index contributed by atoms with van der Waals surface area (Å²) in [5, 5.41) is 3.53. The van der Waals surface area contributed by atoms with Gasteiger partial charge in [0.1, 0.15) is 0 Å². The minimum Gasteiger partial charge on any atom is -0.313 e. The van der Waals surface area contributed by atoms with E-state index in [0.717, 1.165) is 13.1 Å². The van der Waals surface area contributed by atoms with Crippen molar-refractivity contribution in [2.24, 2.45) is 0 Å². The fraction of sp³-hybridized carbons (Fsp3) is 0.600. The van der Waals surface area contributed by atoms with Gasteiger partial charge in [-0.3, -0.25) is 0 Å². The summed E-state index contributed by atoms with van der Waals surface area (Å²) in [6.45, 7) is 6.49. The number of aryl methyl sites for hydroxylation is 2. The average Bonchev–Trinajstić information content (AvgIpc) is 2.30. The first-order chi connectivity index (χ1) is 8.24. The van der Waals surface area contributed by atoms with Gasteiger partial charge in [0.2, 0.25) is 0 Å². The van der Waals surface area contributed by atoms with Gasteiger partial charge in [0, 0.05) is 6.54 Å². The van der Waals surface area contributed by atoms with Crippen LogP contribution in [-0.2, 0) is 6.54 Å². The highest BCUT2D eigenvalue weighted by atomic mass is 32.2. The maximum Gasteiger partial charge on any atom is 0.0208 e. The van der Waals surface area contributed by atoms with Crippen LogP contribution in [0.25, 0.3) is 0 Å². The van der Waals surface area contributed by atoms with Crippen molar-refractivity contribution in [1.82, 2.24) is 5.32 Å². The van der Waals surface area contributed by atoms with E-state index in [-0.39, 0.29) is 0 Å². The molecule has 0 heterocycles. The van der Waals surface area contributed by atoms with Gasteiger partial charge in [0.25, 0.3) is 0 Å².